The third-order valence-corrected chi connectivity index (χ3v) is 2.74. The van der Waals surface area contributed by atoms with Gasteiger partial charge in [-0.2, -0.15) is 0 Å². The van der Waals surface area contributed by atoms with Crippen molar-refractivity contribution in [2.45, 2.75) is 38.8 Å². The molecule has 1 rings (SSSR count). The van der Waals surface area contributed by atoms with Gasteiger partial charge in [-0.3, -0.25) is 4.90 Å². The highest BCUT2D eigenvalue weighted by Crippen LogP contribution is 2.11. The summed E-state index contributed by atoms with van der Waals surface area (Å²) in [6, 6.07) is 1.11. The minimum absolute atomic E-state index is 0.301. The number of rotatable bonds is 3. The van der Waals surface area contributed by atoms with E-state index >= 15 is 0 Å². The van der Waals surface area contributed by atoms with Crippen LogP contribution in [0.1, 0.15) is 26.7 Å². The maximum Gasteiger partial charge on any atom is 0.0446 e. The third-order valence-electron chi connectivity index (χ3n) is 2.74. The fourth-order valence-electron chi connectivity index (χ4n) is 2.05. The average molecular weight is 186 g/mol. The fourth-order valence-corrected chi connectivity index (χ4v) is 2.05. The van der Waals surface area contributed by atoms with E-state index in [4.69, 9.17) is 5.11 Å². The van der Waals surface area contributed by atoms with Crippen LogP contribution in [0.5, 0.6) is 0 Å². The molecule has 78 valence electrons. The van der Waals surface area contributed by atoms with Crippen molar-refractivity contribution in [3.63, 3.8) is 0 Å². The highest BCUT2D eigenvalue weighted by molar-refractivity contribution is 4.79. The summed E-state index contributed by atoms with van der Waals surface area (Å²) in [7, 11) is 0. The number of nitrogens with zero attached hydrogens (tertiary/aromatic N) is 1. The summed E-state index contributed by atoms with van der Waals surface area (Å²) in [5.74, 6) is 0. The van der Waals surface area contributed by atoms with Gasteiger partial charge in [-0.05, 0) is 39.8 Å². The first-order chi connectivity index (χ1) is 6.25. The minimum Gasteiger partial charge on any atom is -0.396 e. The molecule has 0 amide bonds. The fraction of sp³-hybridized carbons (Fsp3) is 1.00. The number of aliphatic hydroxyl groups is 1. The van der Waals surface area contributed by atoms with Gasteiger partial charge in [0.1, 0.15) is 0 Å². The Hall–Kier alpha value is -0.120. The van der Waals surface area contributed by atoms with Gasteiger partial charge in [0, 0.05) is 25.2 Å². The van der Waals surface area contributed by atoms with Gasteiger partial charge in [0.2, 0.25) is 0 Å². The Morgan fingerprint density at radius 1 is 1.54 bits per heavy atom. The Bertz CT molecular complexity index is 139. The number of aliphatic hydroxyl groups excluding tert-OH is 1. The normalized spacial score (nSPS) is 26.3. The van der Waals surface area contributed by atoms with Crippen molar-refractivity contribution in [2.75, 3.05) is 26.2 Å². The van der Waals surface area contributed by atoms with E-state index < -0.39 is 0 Å². The second kappa shape index (κ2) is 5.58. The Labute approximate surface area is 81.1 Å². The van der Waals surface area contributed by atoms with Crippen LogP contribution >= 0.6 is 0 Å². The van der Waals surface area contributed by atoms with Crippen LogP contribution in [-0.4, -0.2) is 48.3 Å². The molecular formula is C10H22N2O. The smallest absolute Gasteiger partial charge is 0.0446 e. The molecule has 3 heteroatoms. The van der Waals surface area contributed by atoms with Crippen LogP contribution in [0, 0.1) is 0 Å². The van der Waals surface area contributed by atoms with E-state index in [1.165, 1.54) is 6.42 Å². The summed E-state index contributed by atoms with van der Waals surface area (Å²) in [5.41, 5.74) is 0. The van der Waals surface area contributed by atoms with Crippen molar-refractivity contribution < 1.29 is 5.11 Å². The van der Waals surface area contributed by atoms with Gasteiger partial charge in [0.05, 0.1) is 0 Å². The van der Waals surface area contributed by atoms with Crippen LogP contribution in [0.3, 0.4) is 0 Å². The Morgan fingerprint density at radius 2 is 2.31 bits per heavy atom. The molecule has 2 N–H and O–H groups in total. The van der Waals surface area contributed by atoms with Gasteiger partial charge in [0.15, 0.2) is 0 Å². The molecule has 1 heterocycles. The minimum atomic E-state index is 0.301. The van der Waals surface area contributed by atoms with Gasteiger partial charge < -0.3 is 10.4 Å². The van der Waals surface area contributed by atoms with Crippen molar-refractivity contribution in [3.8, 4) is 0 Å². The van der Waals surface area contributed by atoms with Crippen LogP contribution in [-0.2, 0) is 0 Å². The first kappa shape index (κ1) is 11.0. The average Bonchev–Trinajstić information content (AvgIpc) is 2.30. The van der Waals surface area contributed by atoms with Crippen molar-refractivity contribution in [1.82, 2.24) is 10.2 Å². The molecular weight excluding hydrogens is 164 g/mol. The maximum atomic E-state index is 8.96. The Balaban J connectivity index is 2.50. The lowest BCUT2D eigenvalue weighted by Crippen LogP contribution is -2.44. The molecule has 13 heavy (non-hydrogen) atoms. The largest absolute Gasteiger partial charge is 0.396 e. The zero-order chi connectivity index (χ0) is 9.68. The second-order valence-electron chi connectivity index (χ2n) is 4.06. The molecule has 1 unspecified atom stereocenters. The quantitative estimate of drug-likeness (QED) is 0.671. The summed E-state index contributed by atoms with van der Waals surface area (Å²) < 4.78 is 0. The number of nitrogens with one attached hydrogen (secondary N) is 1. The van der Waals surface area contributed by atoms with Crippen molar-refractivity contribution in [3.05, 3.63) is 0 Å². The predicted octanol–water partition coefficient (Wildman–Crippen LogP) is 0.441. The second-order valence-corrected chi connectivity index (χ2v) is 4.06. The summed E-state index contributed by atoms with van der Waals surface area (Å²) in [5, 5.41) is 12.4. The van der Waals surface area contributed by atoms with Crippen molar-refractivity contribution >= 4 is 0 Å². The molecule has 0 aromatic rings. The molecule has 0 aromatic heterocycles. The lowest BCUT2D eigenvalue weighted by Gasteiger charge is -2.32. The lowest BCUT2D eigenvalue weighted by atomic mass is 10.1. The Morgan fingerprint density at radius 3 is 2.92 bits per heavy atom. The molecule has 0 spiro atoms. The zero-order valence-electron chi connectivity index (χ0n) is 8.79. The van der Waals surface area contributed by atoms with E-state index in [2.05, 4.69) is 24.1 Å². The molecule has 3 nitrogen and oxygen atoms in total. The number of hydrogen-bond acceptors (Lipinski definition) is 3. The molecule has 1 aliphatic heterocycles. The molecule has 1 fully saturated rings. The predicted molar refractivity (Wildman–Crippen MR) is 54.8 cm³/mol. The molecule has 1 atom stereocenters. The lowest BCUT2D eigenvalue weighted by molar-refractivity contribution is 0.134. The monoisotopic (exact) mass is 186 g/mol. The van der Waals surface area contributed by atoms with Gasteiger partial charge in [-0.1, -0.05) is 0 Å². The van der Waals surface area contributed by atoms with Crippen LogP contribution in [0.25, 0.3) is 0 Å². The van der Waals surface area contributed by atoms with Crippen LogP contribution in [0.2, 0.25) is 0 Å². The molecule has 0 aliphatic carbocycles. The standard InChI is InChI=1S/C10H22N2O/c1-9(2)12-6-3-5-11-8-10(12)4-7-13/h9-11,13H,3-8H2,1-2H3. The van der Waals surface area contributed by atoms with Gasteiger partial charge >= 0.3 is 0 Å². The van der Waals surface area contributed by atoms with E-state index in [1.54, 1.807) is 0 Å². The van der Waals surface area contributed by atoms with Gasteiger partial charge in [-0.15, -0.1) is 0 Å². The van der Waals surface area contributed by atoms with Crippen LogP contribution in [0.4, 0.5) is 0 Å². The first-order valence-corrected chi connectivity index (χ1v) is 5.33. The molecule has 0 bridgehead atoms. The van der Waals surface area contributed by atoms with Gasteiger partial charge in [-0.25, -0.2) is 0 Å². The van der Waals surface area contributed by atoms with E-state index in [0.29, 0.717) is 18.7 Å². The molecule has 0 aromatic carbocycles. The summed E-state index contributed by atoms with van der Waals surface area (Å²) >= 11 is 0. The zero-order valence-corrected chi connectivity index (χ0v) is 8.79. The maximum absolute atomic E-state index is 8.96. The molecule has 1 aliphatic rings. The highest BCUT2D eigenvalue weighted by atomic mass is 16.3. The van der Waals surface area contributed by atoms with E-state index in [-0.39, 0.29) is 0 Å². The molecule has 0 radical (unpaired) electrons. The molecule has 0 saturated carbocycles. The summed E-state index contributed by atoms with van der Waals surface area (Å²) in [4.78, 5) is 2.50. The van der Waals surface area contributed by atoms with Crippen molar-refractivity contribution in [2.24, 2.45) is 0 Å². The molecule has 1 saturated heterocycles. The van der Waals surface area contributed by atoms with Crippen LogP contribution < -0.4 is 5.32 Å². The van der Waals surface area contributed by atoms with Crippen LogP contribution in [0.15, 0.2) is 0 Å². The topological polar surface area (TPSA) is 35.5 Å². The van der Waals surface area contributed by atoms with E-state index in [9.17, 15) is 0 Å². The van der Waals surface area contributed by atoms with Crippen molar-refractivity contribution in [1.29, 1.82) is 0 Å². The van der Waals surface area contributed by atoms with E-state index in [1.807, 2.05) is 0 Å². The first-order valence-electron chi connectivity index (χ1n) is 5.33. The number of hydrogen-bond donors (Lipinski definition) is 2. The SMILES string of the molecule is CC(C)N1CCCNCC1CCO. The summed E-state index contributed by atoms with van der Waals surface area (Å²) in [6.45, 7) is 8.07. The van der Waals surface area contributed by atoms with Gasteiger partial charge in [0.25, 0.3) is 0 Å². The summed E-state index contributed by atoms with van der Waals surface area (Å²) in [6.07, 6.45) is 2.12. The Kier molecular flexibility index (Phi) is 4.70. The van der Waals surface area contributed by atoms with E-state index in [0.717, 1.165) is 26.1 Å². The third kappa shape index (κ3) is 3.25. The highest BCUT2D eigenvalue weighted by Gasteiger charge is 2.21.